The lowest BCUT2D eigenvalue weighted by Crippen LogP contribution is -2.23. The molecule has 31 heavy (non-hydrogen) atoms. The zero-order valence-corrected chi connectivity index (χ0v) is 17.9. The third-order valence-electron chi connectivity index (χ3n) is 4.61. The van der Waals surface area contributed by atoms with Gasteiger partial charge in [-0.1, -0.05) is 17.7 Å². The fourth-order valence-corrected chi connectivity index (χ4v) is 3.00. The Kier molecular flexibility index (Phi) is 8.01. The van der Waals surface area contributed by atoms with E-state index in [0.29, 0.717) is 35.2 Å². The molecular formula is C24H23ClN2O4. The highest BCUT2D eigenvalue weighted by Gasteiger charge is 2.11. The molecule has 0 aliphatic heterocycles. The molecule has 1 N–H and O–H groups in total. The number of hydrogen-bond donors (Lipinski definition) is 1. The van der Waals surface area contributed by atoms with Crippen molar-refractivity contribution in [1.29, 1.82) is 0 Å². The van der Waals surface area contributed by atoms with Gasteiger partial charge < -0.3 is 14.8 Å². The molecule has 3 aromatic rings. The van der Waals surface area contributed by atoms with Crippen LogP contribution in [0, 0.1) is 0 Å². The Hall–Kier alpha value is -3.38. The molecule has 0 spiro atoms. The normalized spacial score (nSPS) is 10.4. The average Bonchev–Trinajstić information content (AvgIpc) is 2.81. The van der Waals surface area contributed by atoms with Crippen molar-refractivity contribution >= 4 is 23.3 Å². The molecular weight excluding hydrogens is 416 g/mol. The molecule has 160 valence electrons. The van der Waals surface area contributed by atoms with Crippen molar-refractivity contribution in [3.8, 4) is 11.5 Å². The van der Waals surface area contributed by atoms with E-state index in [1.165, 1.54) is 0 Å². The van der Waals surface area contributed by atoms with Gasteiger partial charge in [0.1, 0.15) is 6.61 Å². The molecule has 0 radical (unpaired) electrons. The van der Waals surface area contributed by atoms with Crippen LogP contribution >= 0.6 is 11.6 Å². The molecule has 0 saturated heterocycles. The van der Waals surface area contributed by atoms with Crippen molar-refractivity contribution in [1.82, 2.24) is 10.3 Å². The summed E-state index contributed by atoms with van der Waals surface area (Å²) in [6, 6.07) is 15.9. The van der Waals surface area contributed by atoms with Crippen LogP contribution in [0.25, 0.3) is 0 Å². The Morgan fingerprint density at radius 2 is 1.68 bits per heavy atom. The minimum Gasteiger partial charge on any atom is -0.493 e. The van der Waals surface area contributed by atoms with Crippen LogP contribution in [0.3, 0.4) is 0 Å². The molecule has 0 aliphatic carbocycles. The van der Waals surface area contributed by atoms with Crippen molar-refractivity contribution < 1.29 is 19.1 Å². The zero-order valence-electron chi connectivity index (χ0n) is 17.1. The first kappa shape index (κ1) is 22.3. The van der Waals surface area contributed by atoms with E-state index in [4.69, 9.17) is 21.1 Å². The average molecular weight is 439 g/mol. The molecule has 1 amide bonds. The summed E-state index contributed by atoms with van der Waals surface area (Å²) in [5, 5.41) is 3.40. The van der Waals surface area contributed by atoms with Crippen molar-refractivity contribution in [3.63, 3.8) is 0 Å². The van der Waals surface area contributed by atoms with E-state index in [9.17, 15) is 9.59 Å². The lowest BCUT2D eigenvalue weighted by molar-refractivity contribution is -0.121. The zero-order chi connectivity index (χ0) is 22.1. The van der Waals surface area contributed by atoms with Crippen LogP contribution in [0.1, 0.15) is 34.3 Å². The number of nitrogens with one attached hydrogen (secondary N) is 1. The number of carbonyl (C=O) groups is 2. The summed E-state index contributed by atoms with van der Waals surface area (Å²) in [6.07, 6.45) is 3.68. The van der Waals surface area contributed by atoms with Crippen molar-refractivity contribution in [3.05, 3.63) is 88.7 Å². The van der Waals surface area contributed by atoms with Crippen LogP contribution in [-0.4, -0.2) is 23.8 Å². The summed E-state index contributed by atoms with van der Waals surface area (Å²) in [4.78, 5) is 28.3. The van der Waals surface area contributed by atoms with Crippen LogP contribution in [0.5, 0.6) is 11.5 Å². The summed E-state index contributed by atoms with van der Waals surface area (Å²) in [5.74, 6) is 0.908. The van der Waals surface area contributed by atoms with Crippen molar-refractivity contribution in [2.24, 2.45) is 0 Å². The summed E-state index contributed by atoms with van der Waals surface area (Å²) in [5.41, 5.74) is 2.41. The number of methoxy groups -OCH3 is 1. The van der Waals surface area contributed by atoms with Gasteiger partial charge in [0.15, 0.2) is 17.3 Å². The maximum Gasteiger partial charge on any atom is 0.220 e. The Balaban J connectivity index is 1.48. The quantitative estimate of drug-likeness (QED) is 0.468. The molecule has 0 aliphatic rings. The lowest BCUT2D eigenvalue weighted by atomic mass is 10.1. The van der Waals surface area contributed by atoms with Gasteiger partial charge in [-0.3, -0.25) is 14.6 Å². The number of ether oxygens (including phenoxy) is 2. The summed E-state index contributed by atoms with van der Waals surface area (Å²) in [6.45, 7) is 0.728. The number of ketones is 1. The van der Waals surface area contributed by atoms with Crippen LogP contribution in [0.4, 0.5) is 0 Å². The van der Waals surface area contributed by atoms with Gasteiger partial charge in [0, 0.05) is 42.4 Å². The number of Topliss-reactive ketones (excluding diaryl/α,β-unsaturated/α-hetero) is 1. The summed E-state index contributed by atoms with van der Waals surface area (Å²) >= 11 is 5.83. The molecule has 0 bridgehead atoms. The molecule has 7 heteroatoms. The molecule has 0 unspecified atom stereocenters. The fourth-order valence-electron chi connectivity index (χ4n) is 2.88. The first-order chi connectivity index (χ1) is 15.0. The monoisotopic (exact) mass is 438 g/mol. The van der Waals surface area contributed by atoms with Gasteiger partial charge in [-0.25, -0.2) is 0 Å². The maximum atomic E-state index is 12.2. The van der Waals surface area contributed by atoms with E-state index in [2.05, 4.69) is 10.3 Å². The number of pyridine rings is 1. The predicted molar refractivity (Wildman–Crippen MR) is 118 cm³/mol. The third kappa shape index (κ3) is 6.83. The topological polar surface area (TPSA) is 77.5 Å². The highest BCUT2D eigenvalue weighted by atomic mass is 35.5. The van der Waals surface area contributed by atoms with E-state index in [0.717, 1.165) is 11.1 Å². The number of amides is 1. The molecule has 0 fully saturated rings. The minimum absolute atomic E-state index is 0.0933. The highest BCUT2D eigenvalue weighted by Crippen LogP contribution is 2.28. The summed E-state index contributed by atoms with van der Waals surface area (Å²) in [7, 11) is 1.57. The van der Waals surface area contributed by atoms with Crippen LogP contribution in [0.15, 0.2) is 67.0 Å². The summed E-state index contributed by atoms with van der Waals surface area (Å²) < 4.78 is 11.2. The molecule has 3 rings (SSSR count). The number of carbonyl (C=O) groups excluding carboxylic acids is 2. The second-order valence-corrected chi connectivity index (χ2v) is 7.27. The Bertz CT molecular complexity index is 1020. The van der Waals surface area contributed by atoms with Crippen molar-refractivity contribution in [2.75, 3.05) is 7.11 Å². The van der Waals surface area contributed by atoms with Crippen LogP contribution in [0.2, 0.25) is 5.02 Å². The SMILES string of the molecule is COc1cc(CNC(=O)CCC(=O)c2ccc(Cl)cc2)ccc1OCc1ccncc1. The Morgan fingerprint density at radius 1 is 0.935 bits per heavy atom. The minimum atomic E-state index is -0.195. The van der Waals surface area contributed by atoms with Gasteiger partial charge in [-0.05, 0) is 59.7 Å². The Morgan fingerprint density at radius 3 is 2.39 bits per heavy atom. The van der Waals surface area contributed by atoms with E-state index in [1.54, 1.807) is 43.8 Å². The Labute approximate surface area is 186 Å². The van der Waals surface area contributed by atoms with E-state index in [-0.39, 0.29) is 24.5 Å². The van der Waals surface area contributed by atoms with Gasteiger partial charge >= 0.3 is 0 Å². The van der Waals surface area contributed by atoms with Gasteiger partial charge in [0.25, 0.3) is 0 Å². The van der Waals surface area contributed by atoms with Gasteiger partial charge in [-0.15, -0.1) is 0 Å². The van der Waals surface area contributed by atoms with E-state index < -0.39 is 0 Å². The number of benzene rings is 2. The maximum absolute atomic E-state index is 12.2. The third-order valence-corrected chi connectivity index (χ3v) is 4.86. The molecule has 1 heterocycles. The molecule has 1 aromatic heterocycles. The van der Waals surface area contributed by atoms with Gasteiger partial charge in [0.2, 0.25) is 5.91 Å². The number of hydrogen-bond acceptors (Lipinski definition) is 5. The van der Waals surface area contributed by atoms with Gasteiger partial charge in [-0.2, -0.15) is 0 Å². The smallest absolute Gasteiger partial charge is 0.220 e. The molecule has 2 aromatic carbocycles. The molecule has 0 saturated carbocycles. The number of nitrogens with zero attached hydrogens (tertiary/aromatic N) is 1. The predicted octanol–water partition coefficient (Wildman–Crippen LogP) is 4.60. The largest absolute Gasteiger partial charge is 0.493 e. The number of aromatic nitrogens is 1. The molecule has 0 atom stereocenters. The second-order valence-electron chi connectivity index (χ2n) is 6.84. The fraction of sp³-hybridized carbons (Fsp3) is 0.208. The van der Waals surface area contributed by atoms with E-state index in [1.807, 2.05) is 30.3 Å². The van der Waals surface area contributed by atoms with Crippen LogP contribution < -0.4 is 14.8 Å². The molecule has 6 nitrogen and oxygen atoms in total. The standard InChI is InChI=1S/C24H23ClN2O4/c1-30-23-14-18(2-8-22(23)31-16-17-10-12-26-13-11-17)15-27-24(29)9-7-21(28)19-3-5-20(25)6-4-19/h2-6,8,10-14H,7,9,15-16H2,1H3,(H,27,29). The number of halogens is 1. The van der Waals surface area contributed by atoms with Crippen LogP contribution in [-0.2, 0) is 17.9 Å². The highest BCUT2D eigenvalue weighted by molar-refractivity contribution is 6.30. The van der Waals surface area contributed by atoms with Crippen molar-refractivity contribution in [2.45, 2.75) is 26.0 Å². The lowest BCUT2D eigenvalue weighted by Gasteiger charge is -2.13. The number of rotatable bonds is 10. The first-order valence-corrected chi connectivity index (χ1v) is 10.2. The van der Waals surface area contributed by atoms with E-state index >= 15 is 0 Å². The second kappa shape index (κ2) is 11.1. The first-order valence-electron chi connectivity index (χ1n) is 9.79. The van der Waals surface area contributed by atoms with Gasteiger partial charge in [0.05, 0.1) is 7.11 Å².